The molecule has 0 aliphatic carbocycles. The summed E-state index contributed by atoms with van der Waals surface area (Å²) in [4.78, 5) is 17.0. The third-order valence-corrected chi connectivity index (χ3v) is 6.49. The number of carbonyl (C=O) groups is 1. The lowest BCUT2D eigenvalue weighted by Gasteiger charge is -2.32. The standard InChI is InChI=1S/C15H18ClN3O3S2/c1-9-7-10(16)8-12-13(9)17-15(23-12)18-14(20)11-5-3-4-6-19(11)24(2,21)22/h7-8,11H,3-6H2,1-2H3,(H,17,18,20). The van der Waals surface area contributed by atoms with Gasteiger partial charge in [-0.2, -0.15) is 4.31 Å². The molecule has 0 radical (unpaired) electrons. The topological polar surface area (TPSA) is 79.4 Å². The van der Waals surface area contributed by atoms with E-state index in [-0.39, 0.29) is 5.91 Å². The number of fused-ring (bicyclic) bond motifs is 1. The molecular formula is C15H18ClN3O3S2. The number of halogens is 1. The highest BCUT2D eigenvalue weighted by Crippen LogP contribution is 2.31. The summed E-state index contributed by atoms with van der Waals surface area (Å²) in [6, 6.07) is 2.95. The minimum atomic E-state index is -3.41. The molecule has 3 rings (SSSR count). The molecule has 1 N–H and O–H groups in total. The van der Waals surface area contributed by atoms with Gasteiger partial charge in [0.2, 0.25) is 15.9 Å². The molecule has 1 atom stereocenters. The normalized spacial score (nSPS) is 19.5. The van der Waals surface area contributed by atoms with Crippen molar-refractivity contribution in [3.05, 3.63) is 22.7 Å². The van der Waals surface area contributed by atoms with Gasteiger partial charge < -0.3 is 5.32 Å². The van der Waals surface area contributed by atoms with Crippen LogP contribution in [-0.2, 0) is 14.8 Å². The van der Waals surface area contributed by atoms with E-state index in [1.807, 2.05) is 13.0 Å². The van der Waals surface area contributed by atoms with Gasteiger partial charge in [-0.15, -0.1) is 0 Å². The summed E-state index contributed by atoms with van der Waals surface area (Å²) >= 11 is 7.38. The van der Waals surface area contributed by atoms with Gasteiger partial charge in [0.25, 0.3) is 0 Å². The van der Waals surface area contributed by atoms with Crippen molar-refractivity contribution in [1.29, 1.82) is 0 Å². The van der Waals surface area contributed by atoms with Crippen molar-refractivity contribution in [2.75, 3.05) is 18.1 Å². The average molecular weight is 388 g/mol. The number of amides is 1. The second kappa shape index (κ2) is 6.59. The Morgan fingerprint density at radius 3 is 2.88 bits per heavy atom. The highest BCUT2D eigenvalue weighted by Gasteiger charge is 2.34. The first kappa shape index (κ1) is 17.6. The van der Waals surface area contributed by atoms with Crippen LogP contribution in [0.3, 0.4) is 0 Å². The number of hydrogen-bond donors (Lipinski definition) is 1. The number of nitrogens with one attached hydrogen (secondary N) is 1. The molecule has 6 nitrogen and oxygen atoms in total. The molecule has 0 spiro atoms. The molecule has 0 saturated carbocycles. The van der Waals surface area contributed by atoms with Crippen LogP contribution in [0.2, 0.25) is 5.02 Å². The van der Waals surface area contributed by atoms with E-state index in [0.717, 1.165) is 34.9 Å². The van der Waals surface area contributed by atoms with Gasteiger partial charge in [0.15, 0.2) is 5.13 Å². The second-order valence-corrected chi connectivity index (χ2v) is 9.37. The van der Waals surface area contributed by atoms with E-state index in [2.05, 4.69) is 10.3 Å². The smallest absolute Gasteiger partial charge is 0.244 e. The Balaban J connectivity index is 1.85. The Bertz CT molecular complexity index is 895. The van der Waals surface area contributed by atoms with E-state index in [9.17, 15) is 13.2 Å². The van der Waals surface area contributed by atoms with Gasteiger partial charge in [0.05, 0.1) is 16.5 Å². The van der Waals surface area contributed by atoms with Crippen molar-refractivity contribution >= 4 is 54.2 Å². The second-order valence-electron chi connectivity index (χ2n) is 5.96. The molecular weight excluding hydrogens is 370 g/mol. The first-order valence-corrected chi connectivity index (χ1v) is 10.6. The number of thiazole rings is 1. The summed E-state index contributed by atoms with van der Waals surface area (Å²) < 4.78 is 26.0. The number of carbonyl (C=O) groups excluding carboxylic acids is 1. The van der Waals surface area contributed by atoms with Gasteiger partial charge in [-0.3, -0.25) is 4.79 Å². The lowest BCUT2D eigenvalue weighted by Crippen LogP contribution is -2.49. The molecule has 24 heavy (non-hydrogen) atoms. The Hall–Kier alpha value is -1.22. The Labute approximate surface area is 149 Å². The molecule has 2 heterocycles. The predicted octanol–water partition coefficient (Wildman–Crippen LogP) is 3.01. The monoisotopic (exact) mass is 387 g/mol. The predicted molar refractivity (Wildman–Crippen MR) is 97.2 cm³/mol. The van der Waals surface area contributed by atoms with E-state index >= 15 is 0 Å². The molecule has 130 valence electrons. The summed E-state index contributed by atoms with van der Waals surface area (Å²) in [5.74, 6) is -0.331. The van der Waals surface area contributed by atoms with Crippen LogP contribution in [0.5, 0.6) is 0 Å². The average Bonchev–Trinajstić information content (AvgIpc) is 2.89. The van der Waals surface area contributed by atoms with Crippen LogP contribution in [0.15, 0.2) is 12.1 Å². The molecule has 1 saturated heterocycles. The lowest BCUT2D eigenvalue weighted by atomic mass is 10.0. The number of anilines is 1. The van der Waals surface area contributed by atoms with Crippen LogP contribution < -0.4 is 5.32 Å². The number of piperidine rings is 1. The first-order valence-electron chi connectivity index (χ1n) is 7.60. The van der Waals surface area contributed by atoms with Gasteiger partial charge in [0.1, 0.15) is 6.04 Å². The van der Waals surface area contributed by atoms with Crippen LogP contribution in [0.1, 0.15) is 24.8 Å². The largest absolute Gasteiger partial charge is 0.301 e. The zero-order chi connectivity index (χ0) is 17.5. The summed E-state index contributed by atoms with van der Waals surface area (Å²) in [7, 11) is -3.41. The molecule has 1 aromatic heterocycles. The van der Waals surface area contributed by atoms with Crippen molar-refractivity contribution in [2.24, 2.45) is 0 Å². The van der Waals surface area contributed by atoms with Crippen LogP contribution in [0, 0.1) is 6.92 Å². The molecule has 1 fully saturated rings. The fourth-order valence-electron chi connectivity index (χ4n) is 2.96. The number of nitrogens with zero attached hydrogens (tertiary/aromatic N) is 2. The summed E-state index contributed by atoms with van der Waals surface area (Å²) in [6.45, 7) is 2.29. The van der Waals surface area contributed by atoms with E-state index < -0.39 is 16.1 Å². The molecule has 1 aliphatic rings. The van der Waals surface area contributed by atoms with Crippen molar-refractivity contribution in [3.8, 4) is 0 Å². The maximum absolute atomic E-state index is 12.6. The van der Waals surface area contributed by atoms with Gasteiger partial charge >= 0.3 is 0 Å². The molecule has 9 heteroatoms. The summed E-state index contributed by atoms with van der Waals surface area (Å²) in [5.41, 5.74) is 1.73. The summed E-state index contributed by atoms with van der Waals surface area (Å²) in [5, 5.41) is 3.85. The Morgan fingerprint density at radius 1 is 1.42 bits per heavy atom. The van der Waals surface area contributed by atoms with E-state index in [0.29, 0.717) is 23.1 Å². The van der Waals surface area contributed by atoms with E-state index in [1.165, 1.54) is 15.6 Å². The van der Waals surface area contributed by atoms with Gasteiger partial charge in [-0.05, 0) is 37.5 Å². The molecule has 0 bridgehead atoms. The Morgan fingerprint density at radius 2 is 2.17 bits per heavy atom. The third kappa shape index (κ3) is 3.56. The molecule has 1 amide bonds. The quantitative estimate of drug-likeness (QED) is 0.877. The molecule has 1 aromatic carbocycles. The van der Waals surface area contributed by atoms with Crippen molar-refractivity contribution < 1.29 is 13.2 Å². The molecule has 2 aromatic rings. The van der Waals surface area contributed by atoms with Crippen LogP contribution in [0.4, 0.5) is 5.13 Å². The first-order chi connectivity index (χ1) is 11.3. The number of aryl methyl sites for hydroxylation is 1. The van der Waals surface area contributed by atoms with Crippen LogP contribution in [-0.4, -0.2) is 42.5 Å². The molecule has 1 aliphatic heterocycles. The Kier molecular flexibility index (Phi) is 4.83. The fraction of sp³-hybridized carbons (Fsp3) is 0.467. The highest BCUT2D eigenvalue weighted by molar-refractivity contribution is 7.88. The van der Waals surface area contributed by atoms with Crippen molar-refractivity contribution in [3.63, 3.8) is 0 Å². The highest BCUT2D eigenvalue weighted by atomic mass is 35.5. The zero-order valence-electron chi connectivity index (χ0n) is 13.4. The number of aromatic nitrogens is 1. The number of hydrogen-bond acceptors (Lipinski definition) is 5. The maximum Gasteiger partial charge on any atom is 0.244 e. The molecule has 1 unspecified atom stereocenters. The fourth-order valence-corrected chi connectivity index (χ4v) is 5.41. The van der Waals surface area contributed by atoms with Crippen molar-refractivity contribution in [1.82, 2.24) is 9.29 Å². The van der Waals surface area contributed by atoms with Gasteiger partial charge in [-0.1, -0.05) is 29.4 Å². The van der Waals surface area contributed by atoms with E-state index in [1.54, 1.807) is 6.07 Å². The third-order valence-electron chi connectivity index (χ3n) is 4.06. The van der Waals surface area contributed by atoms with Crippen molar-refractivity contribution in [2.45, 2.75) is 32.2 Å². The summed E-state index contributed by atoms with van der Waals surface area (Å²) in [6.07, 6.45) is 3.27. The SMILES string of the molecule is Cc1cc(Cl)cc2sc(NC(=O)C3CCCCN3S(C)(=O)=O)nc12. The maximum atomic E-state index is 12.6. The lowest BCUT2D eigenvalue weighted by molar-refractivity contribution is -0.120. The zero-order valence-corrected chi connectivity index (χ0v) is 15.8. The number of rotatable bonds is 3. The number of benzene rings is 1. The minimum absolute atomic E-state index is 0.331. The van der Waals surface area contributed by atoms with Crippen LogP contribution >= 0.6 is 22.9 Å². The van der Waals surface area contributed by atoms with Gasteiger partial charge in [-0.25, -0.2) is 13.4 Å². The van der Waals surface area contributed by atoms with E-state index in [4.69, 9.17) is 11.6 Å². The minimum Gasteiger partial charge on any atom is -0.301 e. The van der Waals surface area contributed by atoms with Crippen LogP contribution in [0.25, 0.3) is 10.2 Å². The van der Waals surface area contributed by atoms with Gasteiger partial charge in [0, 0.05) is 11.6 Å². The number of sulfonamides is 1.